The van der Waals surface area contributed by atoms with Gasteiger partial charge in [-0.05, 0) is 43.9 Å². The molecule has 0 saturated carbocycles. The number of rotatable bonds is 7. The third kappa shape index (κ3) is 5.80. The van der Waals surface area contributed by atoms with Gasteiger partial charge in [0.15, 0.2) is 6.10 Å². The van der Waals surface area contributed by atoms with E-state index in [0.29, 0.717) is 45.8 Å². The van der Waals surface area contributed by atoms with E-state index in [1.807, 2.05) is 0 Å². The zero-order valence-corrected chi connectivity index (χ0v) is 18.2. The standard InChI is InChI=1S/C21H30N2O6S/c1-17(21(25)22-13-15-28-16-14-22)29-20(24)10-7-18-5-8-19(9-6-18)30(26,27)23-11-3-2-4-12-23/h5-6,8-9,17H,2-4,7,10-16H2,1H3. The van der Waals surface area contributed by atoms with Gasteiger partial charge in [-0.25, -0.2) is 8.42 Å². The molecule has 9 heteroatoms. The van der Waals surface area contributed by atoms with Gasteiger partial charge in [-0.1, -0.05) is 18.6 Å². The Bertz CT molecular complexity index is 828. The summed E-state index contributed by atoms with van der Waals surface area (Å²) in [5.41, 5.74) is 0.844. The predicted octanol–water partition coefficient (Wildman–Crippen LogP) is 1.58. The van der Waals surface area contributed by atoms with Crippen LogP contribution >= 0.6 is 0 Å². The Hall–Kier alpha value is -1.97. The van der Waals surface area contributed by atoms with E-state index in [4.69, 9.17) is 9.47 Å². The van der Waals surface area contributed by atoms with Crippen molar-refractivity contribution in [2.24, 2.45) is 0 Å². The summed E-state index contributed by atoms with van der Waals surface area (Å²) < 4.78 is 37.4. The molecular weight excluding hydrogens is 408 g/mol. The lowest BCUT2D eigenvalue weighted by atomic mass is 10.1. The van der Waals surface area contributed by atoms with Crippen molar-refractivity contribution in [3.05, 3.63) is 29.8 Å². The van der Waals surface area contributed by atoms with Crippen LogP contribution in [0.5, 0.6) is 0 Å². The lowest BCUT2D eigenvalue weighted by molar-refractivity contribution is -0.160. The zero-order chi connectivity index (χ0) is 21.6. The van der Waals surface area contributed by atoms with Crippen LogP contribution in [0, 0.1) is 0 Å². The molecular formula is C21H30N2O6S. The van der Waals surface area contributed by atoms with Gasteiger partial charge in [0.1, 0.15) is 0 Å². The zero-order valence-electron chi connectivity index (χ0n) is 17.4. The van der Waals surface area contributed by atoms with E-state index in [-0.39, 0.29) is 17.2 Å². The molecule has 2 fully saturated rings. The van der Waals surface area contributed by atoms with Gasteiger partial charge in [0.2, 0.25) is 10.0 Å². The van der Waals surface area contributed by atoms with E-state index in [0.717, 1.165) is 24.8 Å². The summed E-state index contributed by atoms with van der Waals surface area (Å²) >= 11 is 0. The largest absolute Gasteiger partial charge is 0.453 e. The van der Waals surface area contributed by atoms with Gasteiger partial charge in [0, 0.05) is 32.6 Å². The Morgan fingerprint density at radius 2 is 1.67 bits per heavy atom. The maximum atomic E-state index is 12.7. The van der Waals surface area contributed by atoms with E-state index in [9.17, 15) is 18.0 Å². The molecule has 166 valence electrons. The number of aryl methyl sites for hydroxylation is 1. The molecule has 30 heavy (non-hydrogen) atoms. The van der Waals surface area contributed by atoms with Crippen LogP contribution in [-0.4, -0.2) is 75.0 Å². The highest BCUT2D eigenvalue weighted by Gasteiger charge is 2.26. The van der Waals surface area contributed by atoms with E-state index in [1.165, 1.54) is 4.31 Å². The number of carbonyl (C=O) groups is 2. The number of piperidine rings is 1. The minimum atomic E-state index is -3.46. The number of hydrogen-bond acceptors (Lipinski definition) is 6. The first kappa shape index (κ1) is 22.7. The molecule has 0 aromatic heterocycles. The average molecular weight is 439 g/mol. The van der Waals surface area contributed by atoms with Crippen molar-refractivity contribution >= 4 is 21.9 Å². The van der Waals surface area contributed by atoms with Crippen molar-refractivity contribution < 1.29 is 27.5 Å². The number of esters is 1. The maximum absolute atomic E-state index is 12.7. The van der Waals surface area contributed by atoms with E-state index in [1.54, 1.807) is 36.1 Å². The minimum Gasteiger partial charge on any atom is -0.453 e. The molecule has 8 nitrogen and oxygen atoms in total. The lowest BCUT2D eigenvalue weighted by Gasteiger charge is -2.28. The molecule has 0 spiro atoms. The molecule has 1 aromatic carbocycles. The summed E-state index contributed by atoms with van der Waals surface area (Å²) in [5, 5.41) is 0. The summed E-state index contributed by atoms with van der Waals surface area (Å²) in [6, 6.07) is 6.64. The van der Waals surface area contributed by atoms with Gasteiger partial charge < -0.3 is 14.4 Å². The topological polar surface area (TPSA) is 93.2 Å². The normalized spacial score (nSPS) is 19.3. The smallest absolute Gasteiger partial charge is 0.306 e. The van der Waals surface area contributed by atoms with Gasteiger partial charge in [0.25, 0.3) is 5.91 Å². The van der Waals surface area contributed by atoms with Crippen LogP contribution in [0.1, 0.15) is 38.2 Å². The summed E-state index contributed by atoms with van der Waals surface area (Å²) in [6.07, 6.45) is 2.57. The molecule has 2 saturated heterocycles. The van der Waals surface area contributed by atoms with Gasteiger partial charge in [-0.2, -0.15) is 4.31 Å². The first-order valence-electron chi connectivity index (χ1n) is 10.5. The Morgan fingerprint density at radius 1 is 1.03 bits per heavy atom. The fourth-order valence-electron chi connectivity index (χ4n) is 3.68. The molecule has 2 aliphatic rings. The Morgan fingerprint density at radius 3 is 2.30 bits per heavy atom. The molecule has 1 unspecified atom stereocenters. The fraction of sp³-hybridized carbons (Fsp3) is 0.619. The van der Waals surface area contributed by atoms with Crippen LogP contribution in [0.25, 0.3) is 0 Å². The van der Waals surface area contributed by atoms with E-state index >= 15 is 0 Å². The Kier molecular flexibility index (Phi) is 7.85. The van der Waals surface area contributed by atoms with Crippen LogP contribution in [0.4, 0.5) is 0 Å². The van der Waals surface area contributed by atoms with Crippen molar-refractivity contribution in [3.8, 4) is 0 Å². The lowest BCUT2D eigenvalue weighted by Crippen LogP contribution is -2.46. The van der Waals surface area contributed by atoms with E-state index < -0.39 is 22.1 Å². The van der Waals surface area contributed by atoms with Crippen molar-refractivity contribution in [2.75, 3.05) is 39.4 Å². The van der Waals surface area contributed by atoms with Crippen molar-refractivity contribution in [1.29, 1.82) is 0 Å². The molecule has 3 rings (SSSR count). The molecule has 0 aliphatic carbocycles. The number of nitrogens with zero attached hydrogens (tertiary/aromatic N) is 2. The maximum Gasteiger partial charge on any atom is 0.306 e. The highest BCUT2D eigenvalue weighted by Crippen LogP contribution is 2.21. The number of benzene rings is 1. The summed E-state index contributed by atoms with van der Waals surface area (Å²) in [5.74, 6) is -0.659. The first-order valence-corrected chi connectivity index (χ1v) is 12.0. The molecule has 2 aliphatic heterocycles. The Balaban J connectivity index is 1.48. The van der Waals surface area contributed by atoms with E-state index in [2.05, 4.69) is 0 Å². The van der Waals surface area contributed by atoms with Gasteiger partial charge in [-0.15, -0.1) is 0 Å². The second-order valence-corrected chi connectivity index (χ2v) is 9.62. The Labute approximate surface area is 178 Å². The summed E-state index contributed by atoms with van der Waals surface area (Å²) in [6.45, 7) is 4.72. The summed E-state index contributed by atoms with van der Waals surface area (Å²) in [7, 11) is -3.46. The van der Waals surface area contributed by atoms with Crippen LogP contribution in [0.3, 0.4) is 0 Å². The quantitative estimate of drug-likeness (QED) is 0.600. The second-order valence-electron chi connectivity index (χ2n) is 7.68. The third-order valence-electron chi connectivity index (χ3n) is 5.47. The molecule has 1 amide bonds. The van der Waals surface area contributed by atoms with Crippen LogP contribution in [-0.2, 0) is 35.5 Å². The monoisotopic (exact) mass is 438 g/mol. The molecule has 1 aromatic rings. The second kappa shape index (κ2) is 10.4. The highest BCUT2D eigenvalue weighted by atomic mass is 32.2. The van der Waals surface area contributed by atoms with Gasteiger partial charge in [-0.3, -0.25) is 9.59 Å². The van der Waals surface area contributed by atoms with Crippen molar-refractivity contribution in [3.63, 3.8) is 0 Å². The minimum absolute atomic E-state index is 0.124. The molecule has 0 N–H and O–H groups in total. The van der Waals surface area contributed by atoms with Gasteiger partial charge in [0.05, 0.1) is 18.1 Å². The number of sulfonamides is 1. The number of amides is 1. The fourth-order valence-corrected chi connectivity index (χ4v) is 5.19. The van der Waals surface area contributed by atoms with Crippen LogP contribution < -0.4 is 0 Å². The first-order chi connectivity index (χ1) is 14.4. The molecule has 1 atom stereocenters. The van der Waals surface area contributed by atoms with Crippen molar-refractivity contribution in [2.45, 2.75) is 50.0 Å². The molecule has 0 bridgehead atoms. The predicted molar refractivity (Wildman–Crippen MR) is 110 cm³/mol. The number of morpholine rings is 1. The highest BCUT2D eigenvalue weighted by molar-refractivity contribution is 7.89. The number of hydrogen-bond donors (Lipinski definition) is 0. The van der Waals surface area contributed by atoms with Crippen LogP contribution in [0.15, 0.2) is 29.2 Å². The molecule has 0 radical (unpaired) electrons. The number of ether oxygens (including phenoxy) is 2. The third-order valence-corrected chi connectivity index (χ3v) is 7.39. The average Bonchev–Trinajstić information content (AvgIpc) is 2.78. The summed E-state index contributed by atoms with van der Waals surface area (Å²) in [4.78, 5) is 26.3. The molecule has 2 heterocycles. The number of carbonyl (C=O) groups excluding carboxylic acids is 2. The van der Waals surface area contributed by atoms with Crippen LogP contribution in [0.2, 0.25) is 0 Å². The van der Waals surface area contributed by atoms with Crippen molar-refractivity contribution in [1.82, 2.24) is 9.21 Å². The van der Waals surface area contributed by atoms with Gasteiger partial charge >= 0.3 is 5.97 Å². The SMILES string of the molecule is CC(OC(=O)CCc1ccc(S(=O)(=O)N2CCCCC2)cc1)C(=O)N1CCOCC1.